The van der Waals surface area contributed by atoms with Gasteiger partial charge in [-0.25, -0.2) is 4.98 Å². The first-order valence-electron chi connectivity index (χ1n) is 9.08. The number of rotatable bonds is 5. The Hall–Kier alpha value is -3.42. The predicted octanol–water partition coefficient (Wildman–Crippen LogP) is 3.00. The zero-order valence-electron chi connectivity index (χ0n) is 15.6. The molecule has 4 aromatic rings. The molecule has 1 aliphatic heterocycles. The van der Waals surface area contributed by atoms with E-state index in [4.69, 9.17) is 14.7 Å². The quantitative estimate of drug-likeness (QED) is 0.542. The van der Waals surface area contributed by atoms with Gasteiger partial charge >= 0.3 is 0 Å². The number of nitrogens with one attached hydrogen (secondary N) is 1. The van der Waals surface area contributed by atoms with Gasteiger partial charge in [0, 0.05) is 31.2 Å². The van der Waals surface area contributed by atoms with Crippen LogP contribution >= 0.6 is 11.3 Å². The number of aromatic nitrogens is 5. The Morgan fingerprint density at radius 2 is 2.34 bits per heavy atom. The molecule has 146 valence electrons. The van der Waals surface area contributed by atoms with E-state index in [0.29, 0.717) is 29.9 Å². The average molecular weight is 407 g/mol. The Kier molecular flexibility index (Phi) is 4.38. The van der Waals surface area contributed by atoms with Crippen molar-refractivity contribution in [1.29, 1.82) is 5.26 Å². The van der Waals surface area contributed by atoms with Crippen molar-refractivity contribution in [3.63, 3.8) is 0 Å². The predicted molar refractivity (Wildman–Crippen MR) is 108 cm³/mol. The van der Waals surface area contributed by atoms with Gasteiger partial charge in [-0.05, 0) is 12.1 Å². The minimum Gasteiger partial charge on any atom is -0.470 e. The van der Waals surface area contributed by atoms with Crippen LogP contribution in [0.5, 0.6) is 5.88 Å². The molecule has 1 atom stereocenters. The van der Waals surface area contributed by atoms with Crippen LogP contribution in [0.15, 0.2) is 36.1 Å². The Labute approximate surface area is 170 Å². The maximum Gasteiger partial charge on any atom is 0.244 e. The second-order valence-electron chi connectivity index (χ2n) is 6.68. The minimum absolute atomic E-state index is 0.0514. The molecular formula is C19H17N7O2S. The van der Waals surface area contributed by atoms with E-state index in [9.17, 15) is 0 Å². The smallest absolute Gasteiger partial charge is 0.244 e. The third-order valence-electron chi connectivity index (χ3n) is 4.60. The number of anilines is 2. The van der Waals surface area contributed by atoms with Gasteiger partial charge in [-0.15, -0.1) is 11.3 Å². The maximum absolute atomic E-state index is 9.03. The molecule has 1 saturated heterocycles. The van der Waals surface area contributed by atoms with Crippen LogP contribution in [-0.4, -0.2) is 43.6 Å². The first kappa shape index (κ1) is 17.7. The summed E-state index contributed by atoms with van der Waals surface area (Å²) in [7, 11) is 1.87. The molecule has 1 N–H and O–H groups in total. The van der Waals surface area contributed by atoms with E-state index in [0.717, 1.165) is 28.8 Å². The van der Waals surface area contributed by atoms with Gasteiger partial charge in [0.15, 0.2) is 0 Å². The molecule has 1 fully saturated rings. The highest BCUT2D eigenvalue weighted by molar-refractivity contribution is 7.11. The lowest BCUT2D eigenvalue weighted by Gasteiger charge is -2.14. The highest BCUT2D eigenvalue weighted by Gasteiger charge is 2.22. The van der Waals surface area contributed by atoms with Gasteiger partial charge in [-0.3, -0.25) is 4.68 Å². The molecule has 10 heteroatoms. The maximum atomic E-state index is 9.03. The number of fused-ring (bicyclic) bond motifs is 1. The van der Waals surface area contributed by atoms with Crippen LogP contribution in [0.3, 0.4) is 0 Å². The Bertz CT molecular complexity index is 1210. The monoisotopic (exact) mass is 407 g/mol. The second kappa shape index (κ2) is 7.20. The molecule has 1 aliphatic rings. The van der Waals surface area contributed by atoms with Crippen molar-refractivity contribution in [2.75, 3.05) is 18.5 Å². The van der Waals surface area contributed by atoms with Crippen LogP contribution in [0.2, 0.25) is 0 Å². The van der Waals surface area contributed by atoms with Crippen molar-refractivity contribution in [1.82, 2.24) is 24.3 Å². The van der Waals surface area contributed by atoms with Gasteiger partial charge in [-0.1, -0.05) is 0 Å². The fourth-order valence-corrected chi connectivity index (χ4v) is 3.88. The van der Waals surface area contributed by atoms with Gasteiger partial charge in [0.1, 0.15) is 22.6 Å². The van der Waals surface area contributed by atoms with E-state index < -0.39 is 0 Å². The summed E-state index contributed by atoms with van der Waals surface area (Å²) in [5.41, 5.74) is 3.19. The summed E-state index contributed by atoms with van der Waals surface area (Å²) in [4.78, 5) is 9.89. The standard InChI is InChI=1S/C19H17N7O2S/c1-25-9-13(8-21-25)26-4-2-16-17(26)18(28-14-3-5-27-10-14)24-19(23-16)22-12-6-15(7-20)29-11-12/h2,4,6,8-9,11,14H,3,5,10H2,1H3,(H,22,23,24)/t14-/m0/s1. The molecule has 9 nitrogen and oxygen atoms in total. The topological polar surface area (TPSA) is 103 Å². The normalized spacial score (nSPS) is 16.2. The molecule has 0 aromatic carbocycles. The molecule has 0 aliphatic carbocycles. The first-order valence-corrected chi connectivity index (χ1v) is 9.96. The minimum atomic E-state index is -0.0514. The van der Waals surface area contributed by atoms with Crippen LogP contribution in [0.4, 0.5) is 11.6 Å². The summed E-state index contributed by atoms with van der Waals surface area (Å²) in [6.07, 6.45) is 6.39. The second-order valence-corrected chi connectivity index (χ2v) is 7.60. The van der Waals surface area contributed by atoms with Gasteiger partial charge in [0.25, 0.3) is 0 Å². The summed E-state index contributed by atoms with van der Waals surface area (Å²) in [6, 6.07) is 5.82. The lowest BCUT2D eigenvalue weighted by atomic mass is 10.3. The molecule has 0 saturated carbocycles. The van der Waals surface area contributed by atoms with Crippen LogP contribution in [0.25, 0.3) is 16.7 Å². The number of ether oxygens (including phenoxy) is 2. The summed E-state index contributed by atoms with van der Waals surface area (Å²) in [6.45, 7) is 1.22. The fraction of sp³-hybridized carbons (Fsp3) is 0.263. The highest BCUT2D eigenvalue weighted by Crippen LogP contribution is 2.31. The number of nitriles is 1. The summed E-state index contributed by atoms with van der Waals surface area (Å²) in [5, 5.41) is 18.3. The third kappa shape index (κ3) is 3.41. The Balaban J connectivity index is 1.58. The van der Waals surface area contributed by atoms with Gasteiger partial charge in [0.05, 0.1) is 36.3 Å². The first-order chi connectivity index (χ1) is 14.2. The van der Waals surface area contributed by atoms with Crippen LogP contribution in [-0.2, 0) is 11.8 Å². The molecule has 4 aromatic heterocycles. The molecule has 0 amide bonds. The molecule has 0 bridgehead atoms. The van der Waals surface area contributed by atoms with E-state index >= 15 is 0 Å². The Morgan fingerprint density at radius 3 is 3.07 bits per heavy atom. The largest absolute Gasteiger partial charge is 0.470 e. The molecule has 5 heterocycles. The van der Waals surface area contributed by atoms with Gasteiger partial charge in [0.2, 0.25) is 11.8 Å². The van der Waals surface area contributed by atoms with E-state index in [1.54, 1.807) is 16.9 Å². The van der Waals surface area contributed by atoms with Crippen molar-refractivity contribution >= 4 is 34.0 Å². The number of hydrogen-bond donors (Lipinski definition) is 1. The van der Waals surface area contributed by atoms with Crippen LogP contribution < -0.4 is 10.1 Å². The van der Waals surface area contributed by atoms with E-state index in [1.807, 2.05) is 35.5 Å². The number of aryl methyl sites for hydroxylation is 1. The van der Waals surface area contributed by atoms with Gasteiger partial charge in [-0.2, -0.15) is 15.3 Å². The Morgan fingerprint density at radius 1 is 1.41 bits per heavy atom. The van der Waals surface area contributed by atoms with Crippen molar-refractivity contribution in [3.8, 4) is 17.6 Å². The summed E-state index contributed by atoms with van der Waals surface area (Å²) in [5.74, 6) is 0.898. The molecule has 0 radical (unpaired) electrons. The van der Waals surface area contributed by atoms with E-state index in [-0.39, 0.29) is 6.10 Å². The van der Waals surface area contributed by atoms with Gasteiger partial charge < -0.3 is 19.4 Å². The molecule has 5 rings (SSSR count). The van der Waals surface area contributed by atoms with Crippen molar-refractivity contribution < 1.29 is 9.47 Å². The zero-order chi connectivity index (χ0) is 19.8. The highest BCUT2D eigenvalue weighted by atomic mass is 32.1. The van der Waals surface area contributed by atoms with E-state index in [1.165, 1.54) is 11.3 Å². The molecule has 0 spiro atoms. The average Bonchev–Trinajstić information content (AvgIpc) is 3.48. The summed E-state index contributed by atoms with van der Waals surface area (Å²) < 4.78 is 15.4. The SMILES string of the molecule is Cn1cc(-n2ccc3nc(Nc4csc(C#N)c4)nc(O[C@H]4CCOC4)c32)cn1. The fourth-order valence-electron chi connectivity index (χ4n) is 3.25. The van der Waals surface area contributed by atoms with Crippen molar-refractivity contribution in [3.05, 3.63) is 41.0 Å². The number of hydrogen-bond acceptors (Lipinski definition) is 8. The zero-order valence-corrected chi connectivity index (χ0v) is 16.4. The molecular weight excluding hydrogens is 390 g/mol. The third-order valence-corrected chi connectivity index (χ3v) is 5.44. The number of nitrogens with zero attached hydrogens (tertiary/aromatic N) is 6. The summed E-state index contributed by atoms with van der Waals surface area (Å²) >= 11 is 1.37. The molecule has 0 unspecified atom stereocenters. The van der Waals surface area contributed by atoms with Crippen LogP contribution in [0.1, 0.15) is 11.3 Å². The lowest BCUT2D eigenvalue weighted by Crippen LogP contribution is -2.17. The number of thiophene rings is 1. The molecule has 29 heavy (non-hydrogen) atoms. The van der Waals surface area contributed by atoms with Crippen LogP contribution in [0, 0.1) is 11.3 Å². The van der Waals surface area contributed by atoms with Crippen molar-refractivity contribution in [2.24, 2.45) is 7.05 Å². The van der Waals surface area contributed by atoms with Crippen molar-refractivity contribution in [2.45, 2.75) is 12.5 Å². The van der Waals surface area contributed by atoms with E-state index in [2.05, 4.69) is 26.5 Å². The lowest BCUT2D eigenvalue weighted by molar-refractivity contribution is 0.139.